The molecular weight excluding hydrogens is 385 g/mol. The molecule has 0 bridgehead atoms. The Labute approximate surface area is 166 Å². The zero-order chi connectivity index (χ0) is 21.3. The van der Waals surface area contributed by atoms with Gasteiger partial charge in [0.1, 0.15) is 13.2 Å². The van der Waals surface area contributed by atoms with Gasteiger partial charge in [0.05, 0.1) is 18.5 Å². The minimum Gasteiger partial charge on any atom is -0.493 e. The lowest BCUT2D eigenvalue weighted by atomic mass is 10.2. The van der Waals surface area contributed by atoms with Gasteiger partial charge in [-0.1, -0.05) is 30.9 Å². The lowest BCUT2D eigenvalue weighted by Crippen LogP contribution is -2.22. The van der Waals surface area contributed by atoms with Gasteiger partial charge in [-0.3, -0.25) is 4.79 Å². The SMILES string of the molecule is C=CCOc1ccc(/C=C/C(=O)Nc2ccccc2NCC(F)(F)F)cc1OC. The second-order valence-electron chi connectivity index (χ2n) is 5.85. The van der Waals surface area contributed by atoms with Crippen LogP contribution in [0, 0.1) is 0 Å². The molecule has 2 N–H and O–H groups in total. The first kappa shape index (κ1) is 21.9. The van der Waals surface area contributed by atoms with E-state index in [9.17, 15) is 18.0 Å². The predicted octanol–water partition coefficient (Wildman–Crippen LogP) is 4.89. The smallest absolute Gasteiger partial charge is 0.405 e. The highest BCUT2D eigenvalue weighted by molar-refractivity contribution is 6.03. The summed E-state index contributed by atoms with van der Waals surface area (Å²) in [4.78, 5) is 12.2. The fourth-order valence-electron chi connectivity index (χ4n) is 2.34. The number of carbonyl (C=O) groups excluding carboxylic acids is 1. The van der Waals surface area contributed by atoms with E-state index in [2.05, 4.69) is 17.2 Å². The average Bonchev–Trinajstić information content (AvgIpc) is 2.69. The van der Waals surface area contributed by atoms with Crippen molar-refractivity contribution in [2.45, 2.75) is 6.18 Å². The number of amides is 1. The third-order valence-corrected chi connectivity index (χ3v) is 3.64. The zero-order valence-electron chi connectivity index (χ0n) is 15.8. The van der Waals surface area contributed by atoms with Crippen molar-refractivity contribution >= 4 is 23.4 Å². The molecule has 154 valence electrons. The number of ether oxygens (including phenoxy) is 2. The van der Waals surface area contributed by atoms with Crippen LogP contribution in [0.5, 0.6) is 11.5 Å². The highest BCUT2D eigenvalue weighted by Crippen LogP contribution is 2.28. The van der Waals surface area contributed by atoms with Crippen molar-refractivity contribution in [2.24, 2.45) is 0 Å². The third kappa shape index (κ3) is 7.25. The largest absolute Gasteiger partial charge is 0.493 e. The van der Waals surface area contributed by atoms with Crippen LogP contribution in [-0.4, -0.2) is 32.3 Å². The number of methoxy groups -OCH3 is 1. The van der Waals surface area contributed by atoms with Crippen molar-refractivity contribution in [1.29, 1.82) is 0 Å². The molecule has 0 atom stereocenters. The normalized spacial score (nSPS) is 11.2. The molecule has 0 spiro atoms. The fourth-order valence-corrected chi connectivity index (χ4v) is 2.34. The van der Waals surface area contributed by atoms with E-state index in [1.165, 1.54) is 25.3 Å². The molecule has 2 aromatic rings. The number of para-hydroxylation sites is 2. The summed E-state index contributed by atoms with van der Waals surface area (Å²) in [6.07, 6.45) is 0.0805. The number of hydrogen-bond acceptors (Lipinski definition) is 4. The van der Waals surface area contributed by atoms with E-state index in [1.54, 1.807) is 42.5 Å². The number of alkyl halides is 3. The molecule has 0 aliphatic carbocycles. The number of carbonyl (C=O) groups is 1. The Morgan fingerprint density at radius 1 is 1.14 bits per heavy atom. The van der Waals surface area contributed by atoms with E-state index in [-0.39, 0.29) is 11.4 Å². The molecule has 0 saturated heterocycles. The summed E-state index contributed by atoms with van der Waals surface area (Å²) in [5.74, 6) is 0.548. The first-order chi connectivity index (χ1) is 13.8. The summed E-state index contributed by atoms with van der Waals surface area (Å²) in [6, 6.07) is 11.3. The van der Waals surface area contributed by atoms with Gasteiger partial charge >= 0.3 is 6.18 Å². The minimum atomic E-state index is -4.36. The van der Waals surface area contributed by atoms with Gasteiger partial charge in [-0.25, -0.2) is 0 Å². The number of anilines is 2. The van der Waals surface area contributed by atoms with Gasteiger partial charge < -0.3 is 20.1 Å². The molecule has 0 fully saturated rings. The van der Waals surface area contributed by atoms with E-state index in [0.717, 1.165) is 0 Å². The van der Waals surface area contributed by atoms with Crippen molar-refractivity contribution in [1.82, 2.24) is 0 Å². The highest BCUT2D eigenvalue weighted by Gasteiger charge is 2.26. The van der Waals surface area contributed by atoms with Crippen molar-refractivity contribution in [3.05, 3.63) is 66.8 Å². The summed E-state index contributed by atoms with van der Waals surface area (Å²) in [5, 5.41) is 4.83. The summed E-state index contributed by atoms with van der Waals surface area (Å²) in [6.45, 7) is 2.71. The standard InChI is InChI=1S/C21H21F3N2O3/c1-3-12-29-18-10-8-15(13-19(18)28-2)9-11-20(27)26-17-7-5-4-6-16(17)25-14-21(22,23)24/h3-11,13,25H,1,12,14H2,2H3,(H,26,27)/b11-9+. The molecule has 0 saturated carbocycles. The van der Waals surface area contributed by atoms with Crippen LogP contribution in [0.25, 0.3) is 6.08 Å². The van der Waals surface area contributed by atoms with E-state index in [4.69, 9.17) is 9.47 Å². The molecule has 0 aliphatic heterocycles. The molecule has 0 aromatic heterocycles. The van der Waals surface area contributed by atoms with E-state index >= 15 is 0 Å². The van der Waals surface area contributed by atoms with Crippen LogP contribution in [0.1, 0.15) is 5.56 Å². The topological polar surface area (TPSA) is 59.6 Å². The van der Waals surface area contributed by atoms with Crippen LogP contribution >= 0.6 is 0 Å². The van der Waals surface area contributed by atoms with Crippen LogP contribution in [0.2, 0.25) is 0 Å². The maximum Gasteiger partial charge on any atom is 0.405 e. The number of benzene rings is 2. The summed E-state index contributed by atoms with van der Waals surface area (Å²) in [7, 11) is 1.50. The van der Waals surface area contributed by atoms with Gasteiger partial charge in [0.15, 0.2) is 11.5 Å². The summed E-state index contributed by atoms with van der Waals surface area (Å²) < 4.78 is 48.0. The molecule has 8 heteroatoms. The van der Waals surface area contributed by atoms with Gasteiger partial charge in [0, 0.05) is 6.08 Å². The van der Waals surface area contributed by atoms with E-state index in [1.807, 2.05) is 0 Å². The Morgan fingerprint density at radius 2 is 1.86 bits per heavy atom. The Hall–Kier alpha value is -3.42. The van der Waals surface area contributed by atoms with Crippen LogP contribution < -0.4 is 20.1 Å². The van der Waals surface area contributed by atoms with Gasteiger partial charge in [-0.2, -0.15) is 13.2 Å². The zero-order valence-corrected chi connectivity index (χ0v) is 15.8. The minimum absolute atomic E-state index is 0.178. The first-order valence-electron chi connectivity index (χ1n) is 8.63. The maximum absolute atomic E-state index is 12.4. The molecule has 29 heavy (non-hydrogen) atoms. The Kier molecular flexibility index (Phi) is 7.70. The average molecular weight is 406 g/mol. The Morgan fingerprint density at radius 3 is 2.52 bits per heavy atom. The Balaban J connectivity index is 2.06. The van der Waals surface area contributed by atoms with Crippen LogP contribution in [-0.2, 0) is 4.79 Å². The monoisotopic (exact) mass is 406 g/mol. The molecule has 0 aliphatic rings. The molecule has 2 aromatic carbocycles. The summed E-state index contributed by atoms with van der Waals surface area (Å²) >= 11 is 0. The second-order valence-corrected chi connectivity index (χ2v) is 5.85. The lowest BCUT2D eigenvalue weighted by Gasteiger charge is -2.13. The number of halogens is 3. The van der Waals surface area contributed by atoms with Crippen molar-refractivity contribution < 1.29 is 27.4 Å². The number of hydrogen-bond donors (Lipinski definition) is 2. The maximum atomic E-state index is 12.4. The Bertz CT molecular complexity index is 880. The van der Waals surface area contributed by atoms with E-state index < -0.39 is 18.6 Å². The van der Waals surface area contributed by atoms with Crippen LogP contribution in [0.4, 0.5) is 24.5 Å². The molecule has 0 radical (unpaired) electrons. The molecule has 0 unspecified atom stereocenters. The number of nitrogens with one attached hydrogen (secondary N) is 2. The van der Waals surface area contributed by atoms with Gasteiger partial charge in [0.2, 0.25) is 5.91 Å². The lowest BCUT2D eigenvalue weighted by molar-refractivity contribution is -0.115. The number of rotatable bonds is 9. The molecule has 5 nitrogen and oxygen atoms in total. The van der Waals surface area contributed by atoms with E-state index in [0.29, 0.717) is 23.7 Å². The fraction of sp³-hybridized carbons (Fsp3) is 0.190. The third-order valence-electron chi connectivity index (χ3n) is 3.64. The first-order valence-corrected chi connectivity index (χ1v) is 8.63. The van der Waals surface area contributed by atoms with Gasteiger partial charge in [-0.05, 0) is 35.9 Å². The molecule has 1 amide bonds. The molecule has 2 rings (SSSR count). The second kappa shape index (κ2) is 10.2. The quantitative estimate of drug-likeness (QED) is 0.460. The molecule has 0 heterocycles. The predicted molar refractivity (Wildman–Crippen MR) is 107 cm³/mol. The summed E-state index contributed by atoms with van der Waals surface area (Å²) in [5.41, 5.74) is 1.11. The van der Waals surface area contributed by atoms with Gasteiger partial charge in [-0.15, -0.1) is 0 Å². The van der Waals surface area contributed by atoms with Crippen molar-refractivity contribution in [3.8, 4) is 11.5 Å². The van der Waals surface area contributed by atoms with Crippen molar-refractivity contribution in [2.75, 3.05) is 30.9 Å². The van der Waals surface area contributed by atoms with Gasteiger partial charge in [0.25, 0.3) is 0 Å². The molecular formula is C21H21F3N2O3. The van der Waals surface area contributed by atoms with Crippen LogP contribution in [0.15, 0.2) is 61.2 Å². The van der Waals surface area contributed by atoms with Crippen molar-refractivity contribution in [3.63, 3.8) is 0 Å². The highest BCUT2D eigenvalue weighted by atomic mass is 19.4. The van der Waals surface area contributed by atoms with Crippen LogP contribution in [0.3, 0.4) is 0 Å².